The molecule has 1 unspecified atom stereocenters. The third-order valence-electron chi connectivity index (χ3n) is 2.97. The van der Waals surface area contributed by atoms with Crippen molar-refractivity contribution in [3.8, 4) is 0 Å². The maximum absolute atomic E-state index is 6.01. The minimum Gasteiger partial charge on any atom is -0.330 e. The fourth-order valence-electron chi connectivity index (χ4n) is 2.02. The molecule has 1 aromatic carbocycles. The Labute approximate surface area is 107 Å². The van der Waals surface area contributed by atoms with E-state index in [1.54, 1.807) is 0 Å². The SMILES string of the molecule is CCCNC(C)c1nc2ccc(Cl)cc2n1C. The Morgan fingerprint density at radius 2 is 2.24 bits per heavy atom. The normalized spacial score (nSPS) is 13.2. The van der Waals surface area contributed by atoms with E-state index in [0.717, 1.165) is 34.8 Å². The number of benzene rings is 1. The fraction of sp³-hybridized carbons (Fsp3) is 0.462. The van der Waals surface area contributed by atoms with Gasteiger partial charge >= 0.3 is 0 Å². The van der Waals surface area contributed by atoms with Gasteiger partial charge in [-0.25, -0.2) is 4.98 Å². The van der Waals surface area contributed by atoms with Gasteiger partial charge in [0.1, 0.15) is 5.82 Å². The first kappa shape index (κ1) is 12.4. The second-order valence-corrected chi connectivity index (χ2v) is 4.77. The predicted molar refractivity (Wildman–Crippen MR) is 72.4 cm³/mol. The quantitative estimate of drug-likeness (QED) is 0.904. The number of hydrogen-bond donors (Lipinski definition) is 1. The first-order chi connectivity index (χ1) is 8.13. The van der Waals surface area contributed by atoms with Gasteiger partial charge in [0.2, 0.25) is 0 Å². The lowest BCUT2D eigenvalue weighted by Gasteiger charge is -2.12. The highest BCUT2D eigenvalue weighted by molar-refractivity contribution is 6.31. The zero-order valence-corrected chi connectivity index (χ0v) is 11.3. The van der Waals surface area contributed by atoms with E-state index in [1.165, 1.54) is 0 Å². The number of imidazole rings is 1. The molecule has 0 saturated carbocycles. The van der Waals surface area contributed by atoms with Gasteiger partial charge < -0.3 is 9.88 Å². The molecule has 4 heteroatoms. The summed E-state index contributed by atoms with van der Waals surface area (Å²) in [5.41, 5.74) is 2.08. The summed E-state index contributed by atoms with van der Waals surface area (Å²) < 4.78 is 2.11. The van der Waals surface area contributed by atoms with Crippen LogP contribution in [0.5, 0.6) is 0 Å². The van der Waals surface area contributed by atoms with Gasteiger partial charge in [-0.2, -0.15) is 0 Å². The number of nitrogens with one attached hydrogen (secondary N) is 1. The Morgan fingerprint density at radius 1 is 1.47 bits per heavy atom. The van der Waals surface area contributed by atoms with Crippen molar-refractivity contribution in [1.29, 1.82) is 0 Å². The van der Waals surface area contributed by atoms with Gasteiger partial charge in [-0.3, -0.25) is 0 Å². The average molecular weight is 252 g/mol. The molecule has 0 aliphatic carbocycles. The highest BCUT2D eigenvalue weighted by Crippen LogP contribution is 2.22. The lowest BCUT2D eigenvalue weighted by Crippen LogP contribution is -2.22. The van der Waals surface area contributed by atoms with E-state index in [4.69, 9.17) is 11.6 Å². The van der Waals surface area contributed by atoms with Crippen molar-refractivity contribution in [2.45, 2.75) is 26.3 Å². The number of hydrogen-bond acceptors (Lipinski definition) is 2. The third kappa shape index (κ3) is 2.45. The van der Waals surface area contributed by atoms with Crippen LogP contribution in [0.3, 0.4) is 0 Å². The minimum absolute atomic E-state index is 0.256. The van der Waals surface area contributed by atoms with Crippen LogP contribution in [-0.2, 0) is 7.05 Å². The lowest BCUT2D eigenvalue weighted by molar-refractivity contribution is 0.532. The molecule has 92 valence electrons. The zero-order chi connectivity index (χ0) is 12.4. The van der Waals surface area contributed by atoms with Gasteiger partial charge in [0.25, 0.3) is 0 Å². The largest absolute Gasteiger partial charge is 0.330 e. The van der Waals surface area contributed by atoms with Crippen molar-refractivity contribution in [1.82, 2.24) is 14.9 Å². The molecule has 0 bridgehead atoms. The highest BCUT2D eigenvalue weighted by atomic mass is 35.5. The van der Waals surface area contributed by atoms with Crippen molar-refractivity contribution in [2.24, 2.45) is 7.05 Å². The fourth-order valence-corrected chi connectivity index (χ4v) is 2.19. The molecular formula is C13H18ClN3. The van der Waals surface area contributed by atoms with Crippen molar-refractivity contribution in [3.63, 3.8) is 0 Å². The number of fused-ring (bicyclic) bond motifs is 1. The topological polar surface area (TPSA) is 29.9 Å². The van der Waals surface area contributed by atoms with Crippen molar-refractivity contribution < 1.29 is 0 Å². The number of aryl methyl sites for hydroxylation is 1. The summed E-state index contributed by atoms with van der Waals surface area (Å²) in [7, 11) is 2.03. The molecule has 1 N–H and O–H groups in total. The standard InChI is InChI=1S/C13H18ClN3/c1-4-7-15-9(2)13-16-11-6-5-10(14)8-12(11)17(13)3/h5-6,8-9,15H,4,7H2,1-3H3. The molecule has 2 rings (SSSR count). The molecule has 1 aromatic heterocycles. The molecule has 0 radical (unpaired) electrons. The Bertz CT molecular complexity index is 519. The number of aromatic nitrogens is 2. The Hall–Kier alpha value is -1.06. The Kier molecular flexibility index (Phi) is 3.69. The summed E-state index contributed by atoms with van der Waals surface area (Å²) in [4.78, 5) is 4.65. The third-order valence-corrected chi connectivity index (χ3v) is 3.20. The maximum Gasteiger partial charge on any atom is 0.126 e. The van der Waals surface area contributed by atoms with Crippen LogP contribution >= 0.6 is 11.6 Å². The molecule has 0 saturated heterocycles. The van der Waals surface area contributed by atoms with Gasteiger partial charge in [0.05, 0.1) is 17.1 Å². The summed E-state index contributed by atoms with van der Waals surface area (Å²) in [5, 5.41) is 4.20. The van der Waals surface area contributed by atoms with E-state index in [0.29, 0.717) is 0 Å². The number of rotatable bonds is 4. The molecule has 2 aromatic rings. The molecule has 1 atom stereocenters. The van der Waals surface area contributed by atoms with Crippen LogP contribution in [-0.4, -0.2) is 16.1 Å². The van der Waals surface area contributed by atoms with Crippen LogP contribution in [0.1, 0.15) is 32.1 Å². The Balaban J connectivity index is 2.38. The van der Waals surface area contributed by atoms with Gasteiger partial charge in [-0.1, -0.05) is 18.5 Å². The summed E-state index contributed by atoms with van der Waals surface area (Å²) in [6.45, 7) is 5.30. The zero-order valence-electron chi connectivity index (χ0n) is 10.5. The van der Waals surface area contributed by atoms with E-state index in [1.807, 2.05) is 25.2 Å². The van der Waals surface area contributed by atoms with Gasteiger partial charge in [0.15, 0.2) is 0 Å². The molecule has 17 heavy (non-hydrogen) atoms. The molecule has 0 spiro atoms. The van der Waals surface area contributed by atoms with Crippen molar-refractivity contribution in [3.05, 3.63) is 29.0 Å². The smallest absolute Gasteiger partial charge is 0.126 e. The van der Waals surface area contributed by atoms with E-state index in [-0.39, 0.29) is 6.04 Å². The molecule has 0 aliphatic rings. The van der Waals surface area contributed by atoms with E-state index in [2.05, 4.69) is 28.7 Å². The monoisotopic (exact) mass is 251 g/mol. The number of nitrogens with zero attached hydrogens (tertiary/aromatic N) is 2. The minimum atomic E-state index is 0.256. The van der Waals surface area contributed by atoms with Gasteiger partial charge in [-0.15, -0.1) is 0 Å². The van der Waals surface area contributed by atoms with Crippen LogP contribution in [0.25, 0.3) is 11.0 Å². The second-order valence-electron chi connectivity index (χ2n) is 4.34. The van der Waals surface area contributed by atoms with E-state index >= 15 is 0 Å². The summed E-state index contributed by atoms with van der Waals surface area (Å²) >= 11 is 6.01. The Morgan fingerprint density at radius 3 is 2.94 bits per heavy atom. The van der Waals surface area contributed by atoms with Crippen LogP contribution in [0.4, 0.5) is 0 Å². The van der Waals surface area contributed by atoms with E-state index in [9.17, 15) is 0 Å². The summed E-state index contributed by atoms with van der Waals surface area (Å²) in [6.07, 6.45) is 1.13. The lowest BCUT2D eigenvalue weighted by atomic mass is 10.3. The van der Waals surface area contributed by atoms with Crippen LogP contribution < -0.4 is 5.32 Å². The van der Waals surface area contributed by atoms with Crippen molar-refractivity contribution >= 4 is 22.6 Å². The summed E-state index contributed by atoms with van der Waals surface area (Å²) in [5.74, 6) is 1.05. The predicted octanol–water partition coefficient (Wildman–Crippen LogP) is 3.29. The second kappa shape index (κ2) is 5.07. The molecule has 0 aliphatic heterocycles. The molecule has 1 heterocycles. The van der Waals surface area contributed by atoms with Crippen molar-refractivity contribution in [2.75, 3.05) is 6.54 Å². The van der Waals surface area contributed by atoms with Crippen LogP contribution in [0, 0.1) is 0 Å². The number of halogens is 1. The molecule has 0 fully saturated rings. The maximum atomic E-state index is 6.01. The average Bonchev–Trinajstić information content (AvgIpc) is 2.64. The van der Waals surface area contributed by atoms with Gasteiger partial charge in [-0.05, 0) is 38.1 Å². The summed E-state index contributed by atoms with van der Waals surface area (Å²) in [6, 6.07) is 6.06. The van der Waals surface area contributed by atoms with Crippen LogP contribution in [0.2, 0.25) is 5.02 Å². The molecule has 0 amide bonds. The highest BCUT2D eigenvalue weighted by Gasteiger charge is 2.13. The van der Waals surface area contributed by atoms with Gasteiger partial charge in [0, 0.05) is 12.1 Å². The first-order valence-corrected chi connectivity index (χ1v) is 6.36. The van der Waals surface area contributed by atoms with Crippen LogP contribution in [0.15, 0.2) is 18.2 Å². The molecular weight excluding hydrogens is 234 g/mol. The first-order valence-electron chi connectivity index (χ1n) is 5.98. The molecule has 3 nitrogen and oxygen atoms in total. The van der Waals surface area contributed by atoms with E-state index < -0.39 is 0 Å².